The van der Waals surface area contributed by atoms with Crippen LogP contribution in [0.5, 0.6) is 0 Å². The Kier molecular flexibility index (Phi) is 4.21. The summed E-state index contributed by atoms with van der Waals surface area (Å²) in [7, 11) is 2.08. The molecule has 2 aromatic rings. The van der Waals surface area contributed by atoms with Gasteiger partial charge in [0.05, 0.1) is 16.1 Å². The monoisotopic (exact) mass is 370 g/mol. The second-order valence-electron chi connectivity index (χ2n) is 6.47. The summed E-state index contributed by atoms with van der Waals surface area (Å²) in [6.45, 7) is 1.81. The second-order valence-corrected chi connectivity index (χ2v) is 7.57. The number of rotatable bonds is 3. The summed E-state index contributed by atoms with van der Waals surface area (Å²) in [5.41, 5.74) is 2.45. The van der Waals surface area contributed by atoms with Gasteiger partial charge in [-0.25, -0.2) is 0 Å². The van der Waals surface area contributed by atoms with E-state index in [4.69, 9.17) is 0 Å². The fourth-order valence-corrected chi connectivity index (χ4v) is 4.72. The summed E-state index contributed by atoms with van der Waals surface area (Å²) >= 11 is 1.62. The molecule has 0 spiro atoms. The Hall–Kier alpha value is -2.71. The Bertz CT molecular complexity index is 921. The molecule has 7 nitrogen and oxygen atoms in total. The number of anilines is 1. The number of nitro benzene ring substituents is 1. The third-order valence-corrected chi connectivity index (χ3v) is 5.80. The highest BCUT2D eigenvalue weighted by molar-refractivity contribution is 7.16. The van der Waals surface area contributed by atoms with E-state index >= 15 is 0 Å². The largest absolute Gasteiger partial charge is 0.353 e. The molecule has 1 amide bonds. The Morgan fingerprint density at radius 1 is 1.35 bits per heavy atom. The van der Waals surface area contributed by atoms with E-state index in [1.807, 2.05) is 0 Å². The van der Waals surface area contributed by atoms with Gasteiger partial charge >= 0.3 is 0 Å². The molecule has 0 saturated heterocycles. The molecule has 26 heavy (non-hydrogen) atoms. The van der Waals surface area contributed by atoms with Crippen LogP contribution in [0.3, 0.4) is 0 Å². The molecule has 2 aliphatic rings. The third kappa shape index (κ3) is 2.97. The first-order valence-corrected chi connectivity index (χ1v) is 9.16. The third-order valence-electron chi connectivity index (χ3n) is 4.65. The molecule has 4 rings (SSSR count). The first-order valence-electron chi connectivity index (χ1n) is 8.35. The molecule has 1 atom stereocenters. The lowest BCUT2D eigenvalue weighted by molar-refractivity contribution is -0.385. The van der Waals surface area contributed by atoms with Crippen LogP contribution in [0.1, 0.15) is 26.4 Å². The number of nitrogens with zero attached hydrogens (tertiary/aromatic N) is 2. The molecule has 134 valence electrons. The fraction of sp³-hybridized carbons (Fsp3) is 0.278. The quantitative estimate of drug-likeness (QED) is 0.641. The van der Waals surface area contributed by atoms with Crippen LogP contribution in [-0.2, 0) is 13.0 Å². The van der Waals surface area contributed by atoms with Gasteiger partial charge in [-0.1, -0.05) is 12.1 Å². The molecular weight excluding hydrogens is 352 g/mol. The van der Waals surface area contributed by atoms with Crippen molar-refractivity contribution in [1.29, 1.82) is 0 Å². The molecule has 0 unspecified atom stereocenters. The number of amides is 1. The van der Waals surface area contributed by atoms with Crippen molar-refractivity contribution in [2.45, 2.75) is 19.1 Å². The van der Waals surface area contributed by atoms with Crippen molar-refractivity contribution >= 4 is 34.0 Å². The van der Waals surface area contributed by atoms with Crippen molar-refractivity contribution in [2.24, 2.45) is 0 Å². The predicted molar refractivity (Wildman–Crippen MR) is 101 cm³/mol. The van der Waals surface area contributed by atoms with Gasteiger partial charge in [-0.3, -0.25) is 14.9 Å². The summed E-state index contributed by atoms with van der Waals surface area (Å²) in [6.07, 6.45) is 3.90. The number of hydrogen-bond acceptors (Lipinski definition) is 6. The number of carbonyl (C=O) groups excluding carboxylic acids is 1. The molecule has 2 aliphatic heterocycles. The maximum Gasteiger partial charge on any atom is 0.276 e. The minimum absolute atomic E-state index is 0.0428. The van der Waals surface area contributed by atoms with Gasteiger partial charge in [-0.05, 0) is 37.3 Å². The van der Waals surface area contributed by atoms with Gasteiger partial charge in [0.25, 0.3) is 11.6 Å². The maximum atomic E-state index is 12.6. The van der Waals surface area contributed by atoms with Gasteiger partial charge in [0.1, 0.15) is 11.2 Å². The molecule has 8 heteroatoms. The number of nitro groups is 1. The smallest absolute Gasteiger partial charge is 0.276 e. The normalized spacial score (nSPS) is 19.6. The highest BCUT2D eigenvalue weighted by Gasteiger charge is 2.31. The van der Waals surface area contributed by atoms with E-state index in [-0.39, 0.29) is 11.6 Å². The molecule has 0 saturated carbocycles. The van der Waals surface area contributed by atoms with Gasteiger partial charge in [-0.15, -0.1) is 11.3 Å². The van der Waals surface area contributed by atoms with Crippen molar-refractivity contribution < 1.29 is 9.72 Å². The molecule has 0 aliphatic carbocycles. The van der Waals surface area contributed by atoms with Crippen molar-refractivity contribution in [3.05, 3.63) is 62.0 Å². The van der Waals surface area contributed by atoms with E-state index < -0.39 is 11.1 Å². The molecule has 0 radical (unpaired) electrons. The number of likely N-dealkylation sites (N-methyl/N-ethyl adjacent to an activating group) is 1. The zero-order valence-corrected chi connectivity index (χ0v) is 15.0. The van der Waals surface area contributed by atoms with Gasteiger partial charge in [0.15, 0.2) is 0 Å². The highest BCUT2D eigenvalue weighted by Crippen LogP contribution is 2.38. The lowest BCUT2D eigenvalue weighted by Crippen LogP contribution is -2.43. The van der Waals surface area contributed by atoms with E-state index in [9.17, 15) is 14.9 Å². The molecular formula is C18H18N4O3S. The Labute approximate surface area is 154 Å². The van der Waals surface area contributed by atoms with Crippen LogP contribution in [0.15, 0.2) is 30.3 Å². The zero-order chi connectivity index (χ0) is 18.3. The molecule has 1 aromatic carbocycles. The number of carbonyl (C=O) groups is 1. The number of para-hydroxylation sites is 1. The number of nitrogens with one attached hydrogen (secondary N) is 2. The molecule has 1 aromatic heterocycles. The van der Waals surface area contributed by atoms with Crippen molar-refractivity contribution in [2.75, 3.05) is 18.9 Å². The number of benzene rings is 1. The first-order chi connectivity index (χ1) is 12.5. The number of thiophene rings is 1. The molecule has 3 heterocycles. The summed E-state index contributed by atoms with van der Waals surface area (Å²) < 4.78 is 0. The summed E-state index contributed by atoms with van der Waals surface area (Å²) in [5.74, 6) is -0.0852. The molecule has 0 fully saturated rings. The first kappa shape index (κ1) is 16.7. The van der Waals surface area contributed by atoms with Gasteiger partial charge in [0.2, 0.25) is 0 Å². The van der Waals surface area contributed by atoms with Crippen LogP contribution in [-0.4, -0.2) is 35.5 Å². The van der Waals surface area contributed by atoms with Crippen LogP contribution in [0.4, 0.5) is 10.7 Å². The van der Waals surface area contributed by atoms with Crippen LogP contribution >= 0.6 is 11.3 Å². The van der Waals surface area contributed by atoms with Crippen LogP contribution < -0.4 is 10.6 Å². The van der Waals surface area contributed by atoms with E-state index in [0.29, 0.717) is 5.56 Å². The molecule has 2 N–H and O–H groups in total. The number of hydrogen-bond donors (Lipinski definition) is 2. The number of fused-ring (bicyclic) bond motifs is 3. The van der Waals surface area contributed by atoms with Crippen molar-refractivity contribution in [3.63, 3.8) is 0 Å². The maximum absolute atomic E-state index is 12.6. The minimum atomic E-state index is -0.408. The van der Waals surface area contributed by atoms with E-state index in [2.05, 4.69) is 22.6 Å². The molecule has 0 bridgehead atoms. The van der Waals surface area contributed by atoms with E-state index in [0.717, 1.165) is 35.6 Å². The Balaban J connectivity index is 1.59. The van der Waals surface area contributed by atoms with E-state index in [1.54, 1.807) is 41.7 Å². The van der Waals surface area contributed by atoms with Crippen LogP contribution in [0.2, 0.25) is 0 Å². The highest BCUT2D eigenvalue weighted by atomic mass is 32.1. The second kappa shape index (κ2) is 6.54. The van der Waals surface area contributed by atoms with Crippen LogP contribution in [0, 0.1) is 10.1 Å². The average molecular weight is 370 g/mol. The SMILES string of the molecule is CN1CCc2c(sc3c2C(=O)N[C@@H](/C=C\c2ccccc2[N+](=O)[O-])N3)C1. The Morgan fingerprint density at radius 2 is 2.15 bits per heavy atom. The lowest BCUT2D eigenvalue weighted by atomic mass is 10.0. The fourth-order valence-electron chi connectivity index (χ4n) is 3.35. The zero-order valence-electron chi connectivity index (χ0n) is 14.2. The van der Waals surface area contributed by atoms with Gasteiger partial charge in [-0.2, -0.15) is 0 Å². The van der Waals surface area contributed by atoms with Crippen LogP contribution in [0.25, 0.3) is 6.08 Å². The summed E-state index contributed by atoms with van der Waals surface area (Å²) in [4.78, 5) is 26.8. The predicted octanol–water partition coefficient (Wildman–Crippen LogP) is 2.84. The minimum Gasteiger partial charge on any atom is -0.353 e. The Morgan fingerprint density at radius 3 is 2.96 bits per heavy atom. The topological polar surface area (TPSA) is 87.5 Å². The standard InChI is InChI=1S/C18H18N4O3S/c1-21-9-8-12-14(10-21)26-18-16(12)17(23)19-15(20-18)7-6-11-4-2-3-5-13(11)22(24)25/h2-7,15,20H,8-10H2,1H3,(H,19,23)/b7-6-/t15-/m1/s1. The van der Waals surface area contributed by atoms with Gasteiger partial charge < -0.3 is 15.5 Å². The van der Waals surface area contributed by atoms with Gasteiger partial charge in [0, 0.05) is 24.0 Å². The van der Waals surface area contributed by atoms with Crippen molar-refractivity contribution in [3.8, 4) is 0 Å². The van der Waals surface area contributed by atoms with Crippen molar-refractivity contribution in [1.82, 2.24) is 10.2 Å². The summed E-state index contributed by atoms with van der Waals surface area (Å²) in [5, 5.41) is 18.2. The lowest BCUT2D eigenvalue weighted by Gasteiger charge is -2.25. The average Bonchev–Trinajstić information content (AvgIpc) is 2.97. The summed E-state index contributed by atoms with van der Waals surface area (Å²) in [6, 6.07) is 6.54. The van der Waals surface area contributed by atoms with E-state index in [1.165, 1.54) is 10.9 Å².